The van der Waals surface area contributed by atoms with E-state index in [0.717, 1.165) is 48.6 Å². The molecule has 0 atom stereocenters. The Morgan fingerprint density at radius 1 is 0.941 bits per heavy atom. The van der Waals surface area contributed by atoms with Gasteiger partial charge in [-0.1, -0.05) is 12.1 Å². The van der Waals surface area contributed by atoms with Crippen molar-refractivity contribution >= 4 is 23.3 Å². The van der Waals surface area contributed by atoms with Gasteiger partial charge in [-0.2, -0.15) is 5.10 Å². The van der Waals surface area contributed by atoms with Gasteiger partial charge in [-0.3, -0.25) is 4.79 Å². The lowest BCUT2D eigenvalue weighted by Gasteiger charge is -2.35. The summed E-state index contributed by atoms with van der Waals surface area (Å²) in [7, 11) is 4.82. The Balaban J connectivity index is 1.68. The summed E-state index contributed by atoms with van der Waals surface area (Å²) < 4.78 is 11.0. The van der Waals surface area contributed by atoms with Crippen molar-refractivity contribution in [2.24, 2.45) is 5.10 Å². The first-order chi connectivity index (χ1) is 16.4. The minimum Gasteiger partial charge on any atom is -0.493 e. The lowest BCUT2D eigenvalue weighted by Crippen LogP contribution is -2.48. The van der Waals surface area contributed by atoms with Gasteiger partial charge in [0.05, 0.1) is 26.5 Å². The third-order valence-electron chi connectivity index (χ3n) is 6.36. The quantitative estimate of drug-likeness (QED) is 0.749. The first-order valence-corrected chi connectivity index (χ1v) is 11.4. The van der Waals surface area contributed by atoms with Gasteiger partial charge in [-0.15, -0.1) is 0 Å². The summed E-state index contributed by atoms with van der Waals surface area (Å²) in [6.45, 7) is 5.10. The van der Waals surface area contributed by atoms with Crippen molar-refractivity contribution in [3.8, 4) is 11.5 Å². The standard InChI is InChI=1S/C25H31N5O4/c1-17(31)28-11-13-29(14-12-28)20-7-5-18(6-8-20)24-21-16-23(34-4)22(33-3)15-19(21)9-10-30(27-24)25(32)26-2/h5-8,15-16H,9-14H2,1-4H3,(H,26,32). The summed E-state index contributed by atoms with van der Waals surface area (Å²) in [6.07, 6.45) is 0.634. The van der Waals surface area contributed by atoms with E-state index in [9.17, 15) is 9.59 Å². The van der Waals surface area contributed by atoms with Crippen molar-refractivity contribution < 1.29 is 19.1 Å². The lowest BCUT2D eigenvalue weighted by molar-refractivity contribution is -0.129. The van der Waals surface area contributed by atoms with Gasteiger partial charge >= 0.3 is 6.03 Å². The topological polar surface area (TPSA) is 86.7 Å². The number of nitrogens with zero attached hydrogens (tertiary/aromatic N) is 4. The SMILES string of the molecule is CNC(=O)N1CCc2cc(OC)c(OC)cc2C(c2ccc(N3CCN(C(C)=O)CC3)cc2)=N1. The van der Waals surface area contributed by atoms with Crippen LogP contribution >= 0.6 is 0 Å². The summed E-state index contributed by atoms with van der Waals surface area (Å²) in [4.78, 5) is 28.2. The number of anilines is 1. The van der Waals surface area contributed by atoms with Crippen LogP contribution in [0, 0.1) is 0 Å². The van der Waals surface area contributed by atoms with Crippen molar-refractivity contribution in [3.05, 3.63) is 53.1 Å². The smallest absolute Gasteiger partial charge is 0.337 e. The number of hydrogen-bond donors (Lipinski definition) is 1. The van der Waals surface area contributed by atoms with E-state index in [1.54, 1.807) is 28.2 Å². The fourth-order valence-corrected chi connectivity index (χ4v) is 4.40. The molecule has 0 radical (unpaired) electrons. The molecule has 2 aliphatic rings. The zero-order valence-electron chi connectivity index (χ0n) is 20.1. The Hall–Kier alpha value is -3.75. The number of piperazine rings is 1. The number of nitrogens with one attached hydrogen (secondary N) is 1. The summed E-state index contributed by atoms with van der Waals surface area (Å²) in [5, 5.41) is 8.87. The van der Waals surface area contributed by atoms with E-state index < -0.39 is 0 Å². The zero-order valence-corrected chi connectivity index (χ0v) is 20.1. The molecule has 1 fully saturated rings. The second-order valence-electron chi connectivity index (χ2n) is 8.28. The van der Waals surface area contributed by atoms with Crippen LogP contribution < -0.4 is 19.7 Å². The van der Waals surface area contributed by atoms with E-state index in [4.69, 9.17) is 14.6 Å². The van der Waals surface area contributed by atoms with Crippen molar-refractivity contribution in [2.75, 3.05) is 58.9 Å². The van der Waals surface area contributed by atoms with E-state index in [0.29, 0.717) is 30.2 Å². The minimum absolute atomic E-state index is 0.118. The first-order valence-electron chi connectivity index (χ1n) is 11.4. The molecule has 180 valence electrons. The van der Waals surface area contributed by atoms with Gasteiger partial charge in [0.25, 0.3) is 0 Å². The molecule has 1 N–H and O–H groups in total. The maximum absolute atomic E-state index is 12.5. The minimum atomic E-state index is -0.260. The number of ether oxygens (including phenoxy) is 2. The average Bonchev–Trinajstić information content (AvgIpc) is 3.07. The number of hydrazone groups is 1. The van der Waals surface area contributed by atoms with Crippen molar-refractivity contribution in [1.82, 2.24) is 15.2 Å². The molecule has 0 aromatic heterocycles. The van der Waals surface area contributed by atoms with Crippen LogP contribution in [0.5, 0.6) is 11.5 Å². The van der Waals surface area contributed by atoms with Gasteiger partial charge in [-0.05, 0) is 36.2 Å². The third kappa shape index (κ3) is 4.64. The number of carbonyl (C=O) groups excluding carboxylic acids is 2. The fourth-order valence-electron chi connectivity index (χ4n) is 4.40. The van der Waals surface area contributed by atoms with E-state index in [1.807, 2.05) is 29.2 Å². The molecule has 0 unspecified atom stereocenters. The maximum atomic E-state index is 12.5. The van der Waals surface area contributed by atoms with Crippen LogP contribution in [0.25, 0.3) is 0 Å². The Labute approximate surface area is 199 Å². The van der Waals surface area contributed by atoms with Crippen molar-refractivity contribution in [3.63, 3.8) is 0 Å². The number of hydrogen-bond acceptors (Lipinski definition) is 6. The van der Waals surface area contributed by atoms with Crippen LogP contribution in [0.2, 0.25) is 0 Å². The van der Waals surface area contributed by atoms with Gasteiger partial charge in [0.2, 0.25) is 5.91 Å². The highest BCUT2D eigenvalue weighted by Crippen LogP contribution is 2.34. The van der Waals surface area contributed by atoms with Crippen molar-refractivity contribution in [2.45, 2.75) is 13.3 Å². The molecule has 2 heterocycles. The van der Waals surface area contributed by atoms with Gasteiger partial charge in [-0.25, -0.2) is 9.80 Å². The lowest BCUT2D eigenvalue weighted by atomic mass is 9.95. The van der Waals surface area contributed by atoms with Gasteiger partial charge in [0.1, 0.15) is 0 Å². The van der Waals surface area contributed by atoms with E-state index in [2.05, 4.69) is 22.3 Å². The number of urea groups is 1. The van der Waals surface area contributed by atoms with Crippen LogP contribution in [0.1, 0.15) is 23.6 Å². The summed E-state index contributed by atoms with van der Waals surface area (Å²) >= 11 is 0. The van der Waals surface area contributed by atoms with E-state index >= 15 is 0 Å². The molecule has 0 saturated carbocycles. The van der Waals surface area contributed by atoms with Gasteiger partial charge in [0.15, 0.2) is 11.5 Å². The number of methoxy groups -OCH3 is 2. The molecule has 0 aliphatic carbocycles. The molecule has 2 aliphatic heterocycles. The highest BCUT2D eigenvalue weighted by atomic mass is 16.5. The largest absolute Gasteiger partial charge is 0.493 e. The normalized spacial score (nSPS) is 15.8. The van der Waals surface area contributed by atoms with Gasteiger partial charge < -0.3 is 24.6 Å². The Morgan fingerprint density at radius 2 is 1.59 bits per heavy atom. The number of benzene rings is 2. The van der Waals surface area contributed by atoms with Crippen LogP contribution in [-0.2, 0) is 11.2 Å². The van der Waals surface area contributed by atoms with Crippen LogP contribution in [0.4, 0.5) is 10.5 Å². The van der Waals surface area contributed by atoms with E-state index in [1.165, 1.54) is 5.01 Å². The molecule has 9 heteroatoms. The Morgan fingerprint density at radius 3 is 2.18 bits per heavy atom. The van der Waals surface area contributed by atoms with Crippen molar-refractivity contribution in [1.29, 1.82) is 0 Å². The molecule has 0 bridgehead atoms. The molecule has 4 rings (SSSR count). The van der Waals surface area contributed by atoms with E-state index in [-0.39, 0.29) is 11.9 Å². The maximum Gasteiger partial charge on any atom is 0.337 e. The predicted octanol–water partition coefficient (Wildman–Crippen LogP) is 2.32. The van der Waals surface area contributed by atoms with Gasteiger partial charge in [0, 0.05) is 57.0 Å². The molecule has 2 aromatic rings. The fraction of sp³-hybridized carbons (Fsp3) is 0.400. The molecule has 1 saturated heterocycles. The number of carbonyl (C=O) groups is 2. The summed E-state index contributed by atoms with van der Waals surface area (Å²) in [5.41, 5.74) is 4.64. The summed E-state index contributed by atoms with van der Waals surface area (Å²) in [6, 6.07) is 11.8. The predicted molar refractivity (Wildman–Crippen MR) is 131 cm³/mol. The highest BCUT2D eigenvalue weighted by molar-refractivity contribution is 6.14. The Bertz CT molecular complexity index is 1090. The molecule has 3 amide bonds. The average molecular weight is 466 g/mol. The third-order valence-corrected chi connectivity index (χ3v) is 6.36. The molecular weight excluding hydrogens is 434 g/mol. The monoisotopic (exact) mass is 465 g/mol. The molecular formula is C25H31N5O4. The van der Waals surface area contributed by atoms with Crippen LogP contribution in [-0.4, -0.2) is 81.5 Å². The number of amides is 3. The second kappa shape index (κ2) is 10.0. The zero-order chi connectivity index (χ0) is 24.2. The molecule has 9 nitrogen and oxygen atoms in total. The molecule has 34 heavy (non-hydrogen) atoms. The Kier molecular flexibility index (Phi) is 6.90. The number of fused-ring (bicyclic) bond motifs is 1. The molecule has 2 aromatic carbocycles. The van der Waals surface area contributed by atoms with Crippen LogP contribution in [0.15, 0.2) is 41.5 Å². The van der Waals surface area contributed by atoms with Crippen LogP contribution in [0.3, 0.4) is 0 Å². The second-order valence-corrected chi connectivity index (χ2v) is 8.28. The highest BCUT2D eigenvalue weighted by Gasteiger charge is 2.24. The summed E-state index contributed by atoms with van der Waals surface area (Å²) in [5.74, 6) is 1.38. The first kappa shape index (κ1) is 23.4. The molecule has 0 spiro atoms. The number of rotatable bonds is 4.